The number of benzene rings is 1. The maximum Gasteiger partial charge on any atom is 0.240 e. The summed E-state index contributed by atoms with van der Waals surface area (Å²) in [5, 5.41) is 9.83. The van der Waals surface area contributed by atoms with E-state index in [1.165, 1.54) is 12.1 Å². The van der Waals surface area contributed by atoms with E-state index >= 15 is 0 Å². The monoisotopic (exact) mass is 332 g/mol. The van der Waals surface area contributed by atoms with E-state index in [1.54, 1.807) is 12.1 Å². The average molecular weight is 333 g/mol. The van der Waals surface area contributed by atoms with E-state index < -0.39 is 10.0 Å². The van der Waals surface area contributed by atoms with Crippen LogP contribution in [0.5, 0.6) is 0 Å². The van der Waals surface area contributed by atoms with E-state index in [1.807, 2.05) is 0 Å². The molecule has 1 heterocycles. The molecule has 1 fully saturated rings. The van der Waals surface area contributed by atoms with E-state index in [2.05, 4.69) is 9.62 Å². The first kappa shape index (κ1) is 16.7. The number of rotatable bonds is 6. The molecule has 2 N–H and O–H groups in total. The molecule has 1 saturated heterocycles. The second-order valence-corrected chi connectivity index (χ2v) is 7.48. The maximum atomic E-state index is 12.1. The van der Waals surface area contributed by atoms with E-state index in [4.69, 9.17) is 11.6 Å². The summed E-state index contributed by atoms with van der Waals surface area (Å²) in [6.07, 6.45) is 2.17. The maximum absolute atomic E-state index is 12.1. The number of halogens is 1. The van der Waals surface area contributed by atoms with Crippen LogP contribution < -0.4 is 4.72 Å². The molecule has 1 aliphatic rings. The largest absolute Gasteiger partial charge is 0.393 e. The van der Waals surface area contributed by atoms with E-state index in [-0.39, 0.29) is 11.0 Å². The lowest BCUT2D eigenvalue weighted by Gasteiger charge is -2.29. The molecule has 0 unspecified atom stereocenters. The number of piperidine rings is 1. The molecule has 0 spiro atoms. The van der Waals surface area contributed by atoms with Crippen LogP contribution in [0.3, 0.4) is 0 Å². The Bertz CT molecular complexity index is 557. The molecular formula is C14H21ClN2O3S. The van der Waals surface area contributed by atoms with Gasteiger partial charge in [0, 0.05) is 24.7 Å². The van der Waals surface area contributed by atoms with Crippen LogP contribution in [-0.2, 0) is 10.0 Å². The number of hydrogen-bond donors (Lipinski definition) is 2. The molecule has 1 aromatic rings. The summed E-state index contributed by atoms with van der Waals surface area (Å²) in [5.74, 6) is 0. The van der Waals surface area contributed by atoms with Crippen LogP contribution in [0.4, 0.5) is 0 Å². The van der Waals surface area contributed by atoms with Crippen LogP contribution in [0.15, 0.2) is 29.2 Å². The Hall–Kier alpha value is -0.660. The standard InChI is InChI=1S/C14H21ClN2O3S/c15-12-3-1-4-14(11-12)21(19,20)16-7-2-8-17-9-5-13(18)6-10-17/h1,3-4,11,13,16,18H,2,5-10H2. The van der Waals surface area contributed by atoms with Gasteiger partial charge in [0.15, 0.2) is 0 Å². The summed E-state index contributed by atoms with van der Waals surface area (Å²) >= 11 is 5.81. The van der Waals surface area contributed by atoms with E-state index in [9.17, 15) is 13.5 Å². The highest BCUT2D eigenvalue weighted by atomic mass is 35.5. The van der Waals surface area contributed by atoms with Crippen molar-refractivity contribution in [2.24, 2.45) is 0 Å². The molecule has 0 aliphatic carbocycles. The molecule has 0 saturated carbocycles. The minimum Gasteiger partial charge on any atom is -0.393 e. The summed E-state index contributed by atoms with van der Waals surface area (Å²) in [7, 11) is -3.49. The van der Waals surface area contributed by atoms with Gasteiger partial charge in [0.1, 0.15) is 0 Å². The highest BCUT2D eigenvalue weighted by Crippen LogP contribution is 2.15. The van der Waals surface area contributed by atoms with Crippen molar-refractivity contribution in [1.82, 2.24) is 9.62 Å². The van der Waals surface area contributed by atoms with E-state index in [0.29, 0.717) is 11.6 Å². The van der Waals surface area contributed by atoms with Gasteiger partial charge in [0.2, 0.25) is 10.0 Å². The van der Waals surface area contributed by atoms with Crippen molar-refractivity contribution in [1.29, 1.82) is 0 Å². The third-order valence-corrected chi connectivity index (χ3v) is 5.30. The first-order valence-corrected chi connectivity index (χ1v) is 8.99. The fourth-order valence-electron chi connectivity index (χ4n) is 2.37. The van der Waals surface area contributed by atoms with Crippen LogP contribution in [0.2, 0.25) is 5.02 Å². The lowest BCUT2D eigenvalue weighted by molar-refractivity contribution is 0.0823. The van der Waals surface area contributed by atoms with Crippen LogP contribution in [-0.4, -0.2) is 50.7 Å². The Balaban J connectivity index is 1.75. The zero-order valence-corrected chi connectivity index (χ0v) is 13.4. The molecule has 0 amide bonds. The molecule has 2 rings (SSSR count). The molecule has 7 heteroatoms. The minimum absolute atomic E-state index is 0.178. The number of nitrogens with one attached hydrogen (secondary N) is 1. The van der Waals surface area contributed by atoms with Gasteiger partial charge >= 0.3 is 0 Å². The Morgan fingerprint density at radius 3 is 2.71 bits per heavy atom. The van der Waals surface area contributed by atoms with Crippen molar-refractivity contribution in [3.8, 4) is 0 Å². The van der Waals surface area contributed by atoms with Crippen molar-refractivity contribution < 1.29 is 13.5 Å². The molecule has 1 aliphatic heterocycles. The van der Waals surface area contributed by atoms with Gasteiger partial charge in [-0.15, -0.1) is 0 Å². The number of hydrogen-bond acceptors (Lipinski definition) is 4. The molecule has 0 aromatic heterocycles. The first-order chi connectivity index (χ1) is 9.97. The lowest BCUT2D eigenvalue weighted by atomic mass is 10.1. The number of aliphatic hydroxyl groups is 1. The number of likely N-dealkylation sites (tertiary alicyclic amines) is 1. The van der Waals surface area contributed by atoms with Gasteiger partial charge in [0.05, 0.1) is 11.0 Å². The molecular weight excluding hydrogens is 312 g/mol. The van der Waals surface area contributed by atoms with Gasteiger partial charge in [-0.25, -0.2) is 13.1 Å². The van der Waals surface area contributed by atoms with Crippen molar-refractivity contribution >= 4 is 21.6 Å². The molecule has 0 radical (unpaired) electrons. The molecule has 5 nitrogen and oxygen atoms in total. The van der Waals surface area contributed by atoms with Crippen LogP contribution >= 0.6 is 11.6 Å². The van der Waals surface area contributed by atoms with Crippen molar-refractivity contribution in [3.63, 3.8) is 0 Å². The molecule has 0 bridgehead atoms. The summed E-state index contributed by atoms with van der Waals surface area (Å²) in [6, 6.07) is 6.23. The van der Waals surface area contributed by atoms with Crippen LogP contribution in [0.1, 0.15) is 19.3 Å². The summed E-state index contributed by atoms with van der Waals surface area (Å²) < 4.78 is 26.7. The Morgan fingerprint density at radius 2 is 2.05 bits per heavy atom. The summed E-state index contributed by atoms with van der Waals surface area (Å²) in [6.45, 7) is 2.99. The van der Waals surface area contributed by atoms with Gasteiger partial charge in [-0.3, -0.25) is 0 Å². The summed E-state index contributed by atoms with van der Waals surface area (Å²) in [4.78, 5) is 2.44. The predicted octanol–water partition coefficient (Wildman–Crippen LogP) is 1.47. The van der Waals surface area contributed by atoms with E-state index in [0.717, 1.165) is 38.9 Å². The topological polar surface area (TPSA) is 69.6 Å². The summed E-state index contributed by atoms with van der Waals surface area (Å²) in [5.41, 5.74) is 0. The van der Waals surface area contributed by atoms with Crippen LogP contribution in [0, 0.1) is 0 Å². The fraction of sp³-hybridized carbons (Fsp3) is 0.571. The number of nitrogens with zero attached hydrogens (tertiary/aromatic N) is 1. The molecule has 118 valence electrons. The second kappa shape index (κ2) is 7.56. The highest BCUT2D eigenvalue weighted by Gasteiger charge is 2.17. The lowest BCUT2D eigenvalue weighted by Crippen LogP contribution is -2.37. The number of aliphatic hydroxyl groups excluding tert-OH is 1. The third-order valence-electron chi connectivity index (χ3n) is 3.61. The third kappa shape index (κ3) is 5.23. The number of sulfonamides is 1. The highest BCUT2D eigenvalue weighted by molar-refractivity contribution is 7.89. The quantitative estimate of drug-likeness (QED) is 0.774. The van der Waals surface area contributed by atoms with Crippen molar-refractivity contribution in [2.45, 2.75) is 30.3 Å². The predicted molar refractivity (Wildman–Crippen MR) is 82.9 cm³/mol. The molecule has 21 heavy (non-hydrogen) atoms. The van der Waals surface area contributed by atoms with Crippen molar-refractivity contribution in [3.05, 3.63) is 29.3 Å². The zero-order chi connectivity index (χ0) is 15.3. The normalized spacial score (nSPS) is 18.0. The first-order valence-electron chi connectivity index (χ1n) is 7.13. The smallest absolute Gasteiger partial charge is 0.240 e. The Morgan fingerprint density at radius 1 is 1.33 bits per heavy atom. The second-order valence-electron chi connectivity index (χ2n) is 5.28. The SMILES string of the molecule is O=S(=O)(NCCCN1CCC(O)CC1)c1cccc(Cl)c1. The average Bonchev–Trinajstić information content (AvgIpc) is 2.45. The Labute approximate surface area is 131 Å². The van der Waals surface area contributed by atoms with Crippen molar-refractivity contribution in [2.75, 3.05) is 26.2 Å². The zero-order valence-electron chi connectivity index (χ0n) is 11.8. The van der Waals surface area contributed by atoms with Gasteiger partial charge in [-0.1, -0.05) is 17.7 Å². The van der Waals surface area contributed by atoms with Gasteiger partial charge in [-0.05, 0) is 44.0 Å². The molecule has 1 aromatic carbocycles. The minimum atomic E-state index is -3.49. The van der Waals surface area contributed by atoms with Gasteiger partial charge in [0.25, 0.3) is 0 Å². The molecule has 0 atom stereocenters. The Kier molecular flexibility index (Phi) is 6.01. The van der Waals surface area contributed by atoms with Gasteiger partial charge < -0.3 is 10.0 Å². The van der Waals surface area contributed by atoms with Gasteiger partial charge in [-0.2, -0.15) is 0 Å². The fourth-order valence-corrected chi connectivity index (χ4v) is 3.74. The van der Waals surface area contributed by atoms with Crippen LogP contribution in [0.25, 0.3) is 0 Å².